The Bertz CT molecular complexity index is 511. The van der Waals surface area contributed by atoms with Gasteiger partial charge in [-0.2, -0.15) is 0 Å². The van der Waals surface area contributed by atoms with Crippen molar-refractivity contribution in [2.75, 3.05) is 0 Å². The smallest absolute Gasteiger partial charge is 0.127 e. The van der Waals surface area contributed by atoms with E-state index in [0.29, 0.717) is 0 Å². The standard InChI is InChI=1S/C15H17NO/c1-2-5-12-10-17-16-15(12)14-7-4-3-6-13(14)11-8-9-11/h3-4,6-7,10-11H,2,5,8-9H2,1H3. The van der Waals surface area contributed by atoms with Crippen molar-refractivity contribution in [3.63, 3.8) is 0 Å². The van der Waals surface area contributed by atoms with Gasteiger partial charge in [0.15, 0.2) is 0 Å². The Hall–Kier alpha value is -1.57. The summed E-state index contributed by atoms with van der Waals surface area (Å²) >= 11 is 0. The number of nitrogens with zero attached hydrogens (tertiary/aromatic N) is 1. The van der Waals surface area contributed by atoms with Crippen LogP contribution in [0.5, 0.6) is 0 Å². The predicted molar refractivity (Wildman–Crippen MR) is 67.9 cm³/mol. The molecule has 1 aliphatic carbocycles. The summed E-state index contributed by atoms with van der Waals surface area (Å²) in [5.74, 6) is 0.748. The Kier molecular flexibility index (Phi) is 2.71. The quantitative estimate of drug-likeness (QED) is 0.783. The van der Waals surface area contributed by atoms with Crippen LogP contribution in [0.2, 0.25) is 0 Å². The van der Waals surface area contributed by atoms with Crippen molar-refractivity contribution < 1.29 is 4.52 Å². The second-order valence-electron chi connectivity index (χ2n) is 4.80. The number of hydrogen-bond acceptors (Lipinski definition) is 2. The molecule has 3 rings (SSSR count). The average molecular weight is 227 g/mol. The van der Waals surface area contributed by atoms with Crippen molar-refractivity contribution in [3.05, 3.63) is 41.7 Å². The Morgan fingerprint density at radius 3 is 2.88 bits per heavy atom. The summed E-state index contributed by atoms with van der Waals surface area (Å²) in [5, 5.41) is 4.20. The lowest BCUT2D eigenvalue weighted by Crippen LogP contribution is -1.91. The van der Waals surface area contributed by atoms with Gasteiger partial charge in [0.1, 0.15) is 12.0 Å². The molecule has 1 saturated carbocycles. The zero-order valence-electron chi connectivity index (χ0n) is 10.1. The van der Waals surface area contributed by atoms with Gasteiger partial charge in [-0.3, -0.25) is 0 Å². The number of aromatic nitrogens is 1. The lowest BCUT2D eigenvalue weighted by molar-refractivity contribution is 0.421. The molecular formula is C15H17NO. The van der Waals surface area contributed by atoms with Gasteiger partial charge in [0.25, 0.3) is 0 Å². The molecule has 0 bridgehead atoms. The molecule has 1 aromatic carbocycles. The first-order valence-electron chi connectivity index (χ1n) is 6.42. The van der Waals surface area contributed by atoms with Crippen molar-refractivity contribution in [1.29, 1.82) is 0 Å². The van der Waals surface area contributed by atoms with Gasteiger partial charge >= 0.3 is 0 Å². The first-order chi connectivity index (χ1) is 8.40. The van der Waals surface area contributed by atoms with E-state index >= 15 is 0 Å². The van der Waals surface area contributed by atoms with Crippen LogP contribution in [0.1, 0.15) is 43.2 Å². The molecule has 17 heavy (non-hydrogen) atoms. The van der Waals surface area contributed by atoms with Crippen LogP contribution in [0.4, 0.5) is 0 Å². The summed E-state index contributed by atoms with van der Waals surface area (Å²) in [6.45, 7) is 2.18. The monoisotopic (exact) mass is 227 g/mol. The molecule has 1 aromatic heterocycles. The van der Waals surface area contributed by atoms with Crippen molar-refractivity contribution in [1.82, 2.24) is 5.16 Å². The molecule has 0 aliphatic heterocycles. The van der Waals surface area contributed by atoms with E-state index in [1.807, 2.05) is 0 Å². The molecule has 88 valence electrons. The van der Waals surface area contributed by atoms with Crippen molar-refractivity contribution in [3.8, 4) is 11.3 Å². The highest BCUT2D eigenvalue weighted by molar-refractivity contribution is 5.67. The van der Waals surface area contributed by atoms with Gasteiger partial charge in [0, 0.05) is 11.1 Å². The Morgan fingerprint density at radius 2 is 2.12 bits per heavy atom. The van der Waals surface area contributed by atoms with E-state index in [1.54, 1.807) is 6.26 Å². The molecule has 0 N–H and O–H groups in total. The van der Waals surface area contributed by atoms with Crippen LogP contribution in [0.25, 0.3) is 11.3 Å². The Balaban J connectivity index is 2.05. The van der Waals surface area contributed by atoms with Crippen molar-refractivity contribution >= 4 is 0 Å². The van der Waals surface area contributed by atoms with E-state index in [4.69, 9.17) is 4.52 Å². The van der Waals surface area contributed by atoms with Crippen LogP contribution in [-0.4, -0.2) is 5.16 Å². The van der Waals surface area contributed by atoms with Gasteiger partial charge in [0.05, 0.1) is 0 Å². The molecular weight excluding hydrogens is 210 g/mol. The molecule has 0 amide bonds. The summed E-state index contributed by atoms with van der Waals surface area (Å²) in [6.07, 6.45) is 6.59. The first kappa shape index (κ1) is 10.6. The zero-order valence-corrected chi connectivity index (χ0v) is 10.1. The minimum Gasteiger partial charge on any atom is -0.364 e. The molecule has 0 radical (unpaired) electrons. The highest BCUT2D eigenvalue weighted by Crippen LogP contribution is 2.44. The van der Waals surface area contributed by atoms with Gasteiger partial charge in [-0.05, 0) is 30.7 Å². The molecule has 1 fully saturated rings. The summed E-state index contributed by atoms with van der Waals surface area (Å²) < 4.78 is 5.16. The minimum absolute atomic E-state index is 0.748. The Labute approximate surface area is 102 Å². The van der Waals surface area contributed by atoms with E-state index in [-0.39, 0.29) is 0 Å². The largest absolute Gasteiger partial charge is 0.364 e. The van der Waals surface area contributed by atoms with Gasteiger partial charge < -0.3 is 4.52 Å². The maximum atomic E-state index is 5.16. The number of hydrogen-bond donors (Lipinski definition) is 0. The summed E-state index contributed by atoms with van der Waals surface area (Å²) in [6, 6.07) is 8.62. The third-order valence-corrected chi connectivity index (χ3v) is 3.40. The second-order valence-corrected chi connectivity index (χ2v) is 4.80. The fourth-order valence-electron chi connectivity index (χ4n) is 2.39. The van der Waals surface area contributed by atoms with E-state index < -0.39 is 0 Å². The van der Waals surface area contributed by atoms with Crippen LogP contribution in [0.3, 0.4) is 0 Å². The molecule has 2 aromatic rings. The van der Waals surface area contributed by atoms with Crippen LogP contribution in [0.15, 0.2) is 35.1 Å². The third kappa shape index (κ3) is 1.99. The lowest BCUT2D eigenvalue weighted by Gasteiger charge is -2.06. The third-order valence-electron chi connectivity index (χ3n) is 3.40. The fraction of sp³-hybridized carbons (Fsp3) is 0.400. The predicted octanol–water partition coefficient (Wildman–Crippen LogP) is 4.17. The maximum absolute atomic E-state index is 5.16. The van der Waals surface area contributed by atoms with E-state index in [1.165, 1.54) is 29.5 Å². The molecule has 0 unspecified atom stereocenters. The fourth-order valence-corrected chi connectivity index (χ4v) is 2.39. The molecule has 1 aliphatic rings. The summed E-state index contributed by atoms with van der Waals surface area (Å²) in [5.41, 5.74) is 5.00. The number of aryl methyl sites for hydroxylation is 1. The molecule has 0 spiro atoms. The van der Waals surface area contributed by atoms with Crippen LogP contribution in [-0.2, 0) is 6.42 Å². The topological polar surface area (TPSA) is 26.0 Å². The number of rotatable bonds is 4. The molecule has 1 heterocycles. The average Bonchev–Trinajstić information content (AvgIpc) is 3.11. The van der Waals surface area contributed by atoms with E-state index in [9.17, 15) is 0 Å². The van der Waals surface area contributed by atoms with Gasteiger partial charge in [-0.15, -0.1) is 0 Å². The minimum atomic E-state index is 0.748. The van der Waals surface area contributed by atoms with E-state index in [0.717, 1.165) is 24.5 Å². The van der Waals surface area contributed by atoms with Crippen LogP contribution < -0.4 is 0 Å². The lowest BCUT2D eigenvalue weighted by atomic mass is 9.97. The molecule has 2 nitrogen and oxygen atoms in total. The Morgan fingerprint density at radius 1 is 1.29 bits per heavy atom. The molecule has 2 heteroatoms. The van der Waals surface area contributed by atoms with Gasteiger partial charge in [-0.1, -0.05) is 42.8 Å². The van der Waals surface area contributed by atoms with Crippen LogP contribution in [0, 0.1) is 0 Å². The highest BCUT2D eigenvalue weighted by atomic mass is 16.5. The van der Waals surface area contributed by atoms with Gasteiger partial charge in [-0.25, -0.2) is 0 Å². The summed E-state index contributed by atoms with van der Waals surface area (Å²) in [7, 11) is 0. The number of benzene rings is 1. The SMILES string of the molecule is CCCc1conc1-c1ccccc1C1CC1. The van der Waals surface area contributed by atoms with E-state index in [2.05, 4.69) is 36.3 Å². The van der Waals surface area contributed by atoms with Crippen LogP contribution >= 0.6 is 0 Å². The maximum Gasteiger partial charge on any atom is 0.127 e. The second kappa shape index (κ2) is 4.36. The zero-order chi connectivity index (χ0) is 11.7. The normalized spacial score (nSPS) is 15.1. The molecule has 0 atom stereocenters. The molecule has 0 saturated heterocycles. The van der Waals surface area contributed by atoms with Crippen molar-refractivity contribution in [2.24, 2.45) is 0 Å². The summed E-state index contributed by atoms with van der Waals surface area (Å²) in [4.78, 5) is 0. The highest BCUT2D eigenvalue weighted by Gasteiger charge is 2.27. The first-order valence-corrected chi connectivity index (χ1v) is 6.42. The van der Waals surface area contributed by atoms with Gasteiger partial charge in [0.2, 0.25) is 0 Å². The van der Waals surface area contributed by atoms with Crippen molar-refractivity contribution in [2.45, 2.75) is 38.5 Å².